The van der Waals surface area contributed by atoms with E-state index < -0.39 is 0 Å². The van der Waals surface area contributed by atoms with Crippen molar-refractivity contribution in [1.29, 1.82) is 0 Å². The van der Waals surface area contributed by atoms with Crippen LogP contribution in [0.15, 0.2) is 28.5 Å². The van der Waals surface area contributed by atoms with Gasteiger partial charge in [-0.25, -0.2) is 0 Å². The highest BCUT2D eigenvalue weighted by atomic mass is 79.9. The highest BCUT2D eigenvalue weighted by Crippen LogP contribution is 2.31. The summed E-state index contributed by atoms with van der Waals surface area (Å²) in [6.45, 7) is 1.06. The lowest BCUT2D eigenvalue weighted by molar-refractivity contribution is 0.396. The third kappa shape index (κ3) is 4.16. The van der Waals surface area contributed by atoms with Gasteiger partial charge in [0, 0.05) is 29.5 Å². The second-order valence-corrected chi connectivity index (χ2v) is 7.06. The van der Waals surface area contributed by atoms with Gasteiger partial charge >= 0.3 is 0 Å². The Morgan fingerprint density at radius 1 is 1.20 bits per heavy atom. The minimum atomic E-state index is 0.772. The van der Waals surface area contributed by atoms with Gasteiger partial charge in [0.15, 0.2) is 0 Å². The maximum atomic E-state index is 4.28. The van der Waals surface area contributed by atoms with Crippen LogP contribution in [-0.2, 0) is 0 Å². The number of rotatable bonds is 5. The minimum absolute atomic E-state index is 0.772. The normalized spacial score (nSPS) is 21.1. The Hall–Kier alpha value is -0.670. The standard InChI is InChI=1S/C17H23BrN2/c18-16-9-13(10-19-12-16)8-15(11-20-17-6-7-17)14-4-2-1-3-5-14/h8-10,12,14,17,20H,1-7,11H2/b15-8-. The average molecular weight is 335 g/mol. The molecule has 2 saturated carbocycles. The molecule has 2 aliphatic carbocycles. The zero-order chi connectivity index (χ0) is 13.8. The highest BCUT2D eigenvalue weighted by molar-refractivity contribution is 9.10. The number of nitrogens with one attached hydrogen (secondary N) is 1. The molecule has 3 heteroatoms. The molecule has 20 heavy (non-hydrogen) atoms. The van der Waals surface area contributed by atoms with E-state index in [1.54, 1.807) is 5.57 Å². The fourth-order valence-corrected chi connectivity index (χ4v) is 3.44. The lowest BCUT2D eigenvalue weighted by Crippen LogP contribution is -2.24. The van der Waals surface area contributed by atoms with Crippen molar-refractivity contribution in [2.75, 3.05) is 6.54 Å². The van der Waals surface area contributed by atoms with Crippen molar-refractivity contribution in [2.24, 2.45) is 5.92 Å². The van der Waals surface area contributed by atoms with Gasteiger partial charge < -0.3 is 5.32 Å². The molecule has 0 atom stereocenters. The Bertz CT molecular complexity index is 474. The Morgan fingerprint density at radius 3 is 2.70 bits per heavy atom. The fraction of sp³-hybridized carbons (Fsp3) is 0.588. The van der Waals surface area contributed by atoms with E-state index in [1.165, 1.54) is 50.5 Å². The van der Waals surface area contributed by atoms with Gasteiger partial charge in [0.05, 0.1) is 0 Å². The van der Waals surface area contributed by atoms with Gasteiger partial charge in [0.2, 0.25) is 0 Å². The molecule has 1 aromatic rings. The van der Waals surface area contributed by atoms with E-state index in [9.17, 15) is 0 Å². The van der Waals surface area contributed by atoms with Crippen LogP contribution >= 0.6 is 15.9 Å². The molecule has 1 N–H and O–H groups in total. The molecule has 3 rings (SSSR count). The molecule has 0 bridgehead atoms. The van der Waals surface area contributed by atoms with Crippen LogP contribution in [0.5, 0.6) is 0 Å². The summed E-state index contributed by atoms with van der Waals surface area (Å²) in [6.07, 6.45) is 15.8. The summed E-state index contributed by atoms with van der Waals surface area (Å²) in [4.78, 5) is 4.28. The summed E-state index contributed by atoms with van der Waals surface area (Å²) in [5.74, 6) is 0.772. The molecule has 2 nitrogen and oxygen atoms in total. The number of hydrogen-bond acceptors (Lipinski definition) is 2. The zero-order valence-corrected chi connectivity index (χ0v) is 13.5. The molecule has 0 radical (unpaired) electrons. The predicted molar refractivity (Wildman–Crippen MR) is 87.5 cm³/mol. The Kier molecular flexibility index (Phi) is 4.90. The van der Waals surface area contributed by atoms with Crippen LogP contribution in [0.2, 0.25) is 0 Å². The van der Waals surface area contributed by atoms with Crippen molar-refractivity contribution in [2.45, 2.75) is 51.0 Å². The maximum absolute atomic E-state index is 4.28. The largest absolute Gasteiger partial charge is 0.310 e. The van der Waals surface area contributed by atoms with Gasteiger partial charge in [-0.1, -0.05) is 30.9 Å². The molecule has 1 heterocycles. The summed E-state index contributed by atoms with van der Waals surface area (Å²) < 4.78 is 1.06. The number of nitrogens with zero attached hydrogens (tertiary/aromatic N) is 1. The van der Waals surface area contributed by atoms with Crippen LogP contribution < -0.4 is 5.32 Å². The van der Waals surface area contributed by atoms with Crippen molar-refractivity contribution in [3.8, 4) is 0 Å². The molecule has 2 aliphatic rings. The first-order valence-corrected chi connectivity index (χ1v) is 8.65. The number of hydrogen-bond donors (Lipinski definition) is 1. The SMILES string of the molecule is Brc1cncc(/C=C(/CNC2CC2)C2CCCCC2)c1. The van der Waals surface area contributed by atoms with Crippen LogP contribution in [0.4, 0.5) is 0 Å². The van der Waals surface area contributed by atoms with Crippen LogP contribution in [-0.4, -0.2) is 17.6 Å². The third-order valence-corrected chi connectivity index (χ3v) is 4.81. The van der Waals surface area contributed by atoms with Gasteiger partial charge in [0.1, 0.15) is 0 Å². The minimum Gasteiger partial charge on any atom is -0.310 e. The molecule has 1 aromatic heterocycles. The van der Waals surface area contributed by atoms with E-state index in [2.05, 4.69) is 38.4 Å². The monoisotopic (exact) mass is 334 g/mol. The molecule has 0 spiro atoms. The average Bonchev–Trinajstić information content (AvgIpc) is 3.29. The van der Waals surface area contributed by atoms with E-state index in [-0.39, 0.29) is 0 Å². The zero-order valence-electron chi connectivity index (χ0n) is 11.9. The number of halogens is 1. The summed E-state index contributed by atoms with van der Waals surface area (Å²) in [6, 6.07) is 2.94. The van der Waals surface area contributed by atoms with E-state index in [1.807, 2.05) is 12.4 Å². The van der Waals surface area contributed by atoms with Crippen molar-refractivity contribution < 1.29 is 0 Å². The molecule has 0 saturated heterocycles. The van der Waals surface area contributed by atoms with Crippen LogP contribution in [0.25, 0.3) is 6.08 Å². The first kappa shape index (κ1) is 14.3. The van der Waals surface area contributed by atoms with Crippen molar-refractivity contribution in [1.82, 2.24) is 10.3 Å². The van der Waals surface area contributed by atoms with Crippen LogP contribution in [0.1, 0.15) is 50.5 Å². The number of aromatic nitrogens is 1. The van der Waals surface area contributed by atoms with Crippen LogP contribution in [0, 0.1) is 5.92 Å². The Labute approximate surface area is 130 Å². The second-order valence-electron chi connectivity index (χ2n) is 6.15. The molecule has 0 aliphatic heterocycles. The molecule has 0 amide bonds. The van der Waals surface area contributed by atoms with Crippen molar-refractivity contribution in [3.63, 3.8) is 0 Å². The van der Waals surface area contributed by atoms with Gasteiger partial charge in [0.25, 0.3) is 0 Å². The summed E-state index contributed by atoms with van der Waals surface area (Å²) in [5.41, 5.74) is 2.80. The van der Waals surface area contributed by atoms with Crippen molar-refractivity contribution >= 4 is 22.0 Å². The first-order valence-electron chi connectivity index (χ1n) is 7.85. The lowest BCUT2D eigenvalue weighted by atomic mass is 9.83. The smallest absolute Gasteiger partial charge is 0.0410 e. The Balaban J connectivity index is 1.74. The Morgan fingerprint density at radius 2 is 2.00 bits per heavy atom. The summed E-state index contributed by atoms with van der Waals surface area (Å²) in [5, 5.41) is 3.69. The molecule has 108 valence electrons. The molecular formula is C17H23BrN2. The molecule has 0 aromatic carbocycles. The maximum Gasteiger partial charge on any atom is 0.0410 e. The second kappa shape index (κ2) is 6.86. The van der Waals surface area contributed by atoms with Gasteiger partial charge in [-0.15, -0.1) is 0 Å². The van der Waals surface area contributed by atoms with E-state index in [4.69, 9.17) is 0 Å². The van der Waals surface area contributed by atoms with E-state index in [0.717, 1.165) is 23.0 Å². The molecular weight excluding hydrogens is 312 g/mol. The van der Waals surface area contributed by atoms with Crippen molar-refractivity contribution in [3.05, 3.63) is 34.1 Å². The summed E-state index contributed by atoms with van der Waals surface area (Å²) >= 11 is 3.51. The van der Waals surface area contributed by atoms with Crippen LogP contribution in [0.3, 0.4) is 0 Å². The topological polar surface area (TPSA) is 24.9 Å². The molecule has 0 unspecified atom stereocenters. The van der Waals surface area contributed by atoms with Gasteiger partial charge in [-0.2, -0.15) is 0 Å². The van der Waals surface area contributed by atoms with E-state index in [0.29, 0.717) is 0 Å². The van der Waals surface area contributed by atoms with Gasteiger partial charge in [-0.3, -0.25) is 4.98 Å². The third-order valence-electron chi connectivity index (χ3n) is 4.38. The first-order chi connectivity index (χ1) is 9.81. The van der Waals surface area contributed by atoms with Gasteiger partial charge in [-0.05, 0) is 59.2 Å². The molecule has 2 fully saturated rings. The lowest BCUT2D eigenvalue weighted by Gasteiger charge is -2.25. The number of pyridine rings is 1. The summed E-state index contributed by atoms with van der Waals surface area (Å²) in [7, 11) is 0. The quantitative estimate of drug-likeness (QED) is 0.853. The predicted octanol–water partition coefficient (Wildman–Crippen LogP) is 4.56. The highest BCUT2D eigenvalue weighted by Gasteiger charge is 2.23. The van der Waals surface area contributed by atoms with E-state index >= 15 is 0 Å². The fourth-order valence-electron chi connectivity index (χ4n) is 3.06.